The van der Waals surface area contributed by atoms with Crippen LogP contribution in [0, 0.1) is 0 Å². The van der Waals surface area contributed by atoms with Crippen LogP contribution in [-0.4, -0.2) is 22.5 Å². The molecule has 0 saturated carbocycles. The predicted octanol–water partition coefficient (Wildman–Crippen LogP) is -0.476. The molecular weight excluding hydrogens is 104 g/mol. The highest BCUT2D eigenvalue weighted by molar-refractivity contribution is 4.88. The number of aromatic nitrogens is 3. The van der Waals surface area contributed by atoms with E-state index in [2.05, 4.69) is 20.7 Å². The number of hydrogen-bond acceptors (Lipinski definition) is 3. The number of rotatable bonds is 2. The first kappa shape index (κ1) is 5.24. The fourth-order valence-corrected chi connectivity index (χ4v) is 0.493. The molecule has 0 saturated heterocycles. The summed E-state index contributed by atoms with van der Waals surface area (Å²) >= 11 is 0. The van der Waals surface area contributed by atoms with Crippen LogP contribution < -0.4 is 5.32 Å². The highest BCUT2D eigenvalue weighted by Crippen LogP contribution is 1.83. The molecule has 1 aromatic rings. The van der Waals surface area contributed by atoms with E-state index in [1.165, 1.54) is 0 Å². The van der Waals surface area contributed by atoms with Crippen LogP contribution in [-0.2, 0) is 6.54 Å². The smallest absolute Gasteiger partial charge is 0.0962 e. The molecule has 0 aliphatic rings. The molecule has 0 aromatic carbocycles. The highest BCUT2D eigenvalue weighted by atomic mass is 15.3. The number of nitrogens with one attached hydrogen (secondary N) is 2. The lowest BCUT2D eigenvalue weighted by molar-refractivity contribution is 0.781. The maximum atomic E-state index is 3.74. The predicted molar refractivity (Wildman–Crippen MR) is 29.1 cm³/mol. The van der Waals surface area contributed by atoms with Gasteiger partial charge in [-0.25, -0.2) is 0 Å². The van der Waals surface area contributed by atoms with Gasteiger partial charge in [0.25, 0.3) is 0 Å². The van der Waals surface area contributed by atoms with Gasteiger partial charge in [0, 0.05) is 12.7 Å². The Morgan fingerprint density at radius 1 is 1.88 bits per heavy atom. The fraction of sp³-hybridized carbons (Fsp3) is 0.500. The normalized spacial score (nSPS) is 9.62. The molecular formula is C4H8N4. The molecule has 0 aliphatic heterocycles. The number of H-pyrrole nitrogens is 1. The van der Waals surface area contributed by atoms with Crippen molar-refractivity contribution in [3.8, 4) is 0 Å². The van der Waals surface area contributed by atoms with Crippen LogP contribution in [0.25, 0.3) is 0 Å². The van der Waals surface area contributed by atoms with Crippen molar-refractivity contribution >= 4 is 0 Å². The van der Waals surface area contributed by atoms with Gasteiger partial charge in [0.05, 0.1) is 5.69 Å². The Morgan fingerprint density at radius 3 is 3.25 bits per heavy atom. The van der Waals surface area contributed by atoms with Crippen LogP contribution in [0.3, 0.4) is 0 Å². The Hall–Kier alpha value is -0.900. The summed E-state index contributed by atoms with van der Waals surface area (Å²) in [6, 6.07) is 0. The van der Waals surface area contributed by atoms with E-state index >= 15 is 0 Å². The molecule has 0 unspecified atom stereocenters. The van der Waals surface area contributed by atoms with E-state index < -0.39 is 0 Å². The fourth-order valence-electron chi connectivity index (χ4n) is 0.493. The summed E-state index contributed by atoms with van der Waals surface area (Å²) in [5.41, 5.74) is 0.938. The standard InChI is InChI=1S/C4H8N4/c1-5-2-4-3-6-8-7-4/h3,5H,2H2,1H3,(H,6,7,8). The van der Waals surface area contributed by atoms with Crippen molar-refractivity contribution in [2.75, 3.05) is 7.05 Å². The molecule has 4 nitrogen and oxygen atoms in total. The van der Waals surface area contributed by atoms with Crippen LogP contribution in [0.4, 0.5) is 0 Å². The van der Waals surface area contributed by atoms with E-state index in [-0.39, 0.29) is 0 Å². The van der Waals surface area contributed by atoms with E-state index in [9.17, 15) is 0 Å². The van der Waals surface area contributed by atoms with E-state index in [0.29, 0.717) is 0 Å². The second-order valence-electron chi connectivity index (χ2n) is 1.50. The van der Waals surface area contributed by atoms with Gasteiger partial charge < -0.3 is 5.32 Å². The third kappa shape index (κ3) is 1.04. The molecule has 4 heteroatoms. The lowest BCUT2D eigenvalue weighted by Crippen LogP contribution is -2.04. The minimum Gasteiger partial charge on any atom is -0.314 e. The van der Waals surface area contributed by atoms with Gasteiger partial charge in [-0.2, -0.15) is 0 Å². The van der Waals surface area contributed by atoms with Crippen molar-refractivity contribution < 1.29 is 0 Å². The maximum Gasteiger partial charge on any atom is 0.0962 e. The van der Waals surface area contributed by atoms with Crippen LogP contribution in [0.2, 0.25) is 0 Å². The monoisotopic (exact) mass is 112 g/mol. The maximum absolute atomic E-state index is 3.74. The Labute approximate surface area is 47.3 Å². The van der Waals surface area contributed by atoms with Gasteiger partial charge in [-0.1, -0.05) is 5.21 Å². The zero-order valence-corrected chi connectivity index (χ0v) is 4.68. The molecule has 0 spiro atoms. The van der Waals surface area contributed by atoms with E-state index in [1.54, 1.807) is 6.20 Å². The summed E-state index contributed by atoms with van der Waals surface area (Å²) < 4.78 is 0. The molecule has 8 heavy (non-hydrogen) atoms. The Kier molecular flexibility index (Phi) is 1.58. The van der Waals surface area contributed by atoms with Gasteiger partial charge >= 0.3 is 0 Å². The Bertz CT molecular complexity index is 134. The first-order valence-corrected chi connectivity index (χ1v) is 2.43. The molecule has 0 bridgehead atoms. The average molecular weight is 112 g/mol. The molecule has 0 aliphatic carbocycles. The van der Waals surface area contributed by atoms with Crippen molar-refractivity contribution in [2.24, 2.45) is 0 Å². The second kappa shape index (κ2) is 2.42. The lowest BCUT2D eigenvalue weighted by atomic mass is 10.5. The van der Waals surface area contributed by atoms with Crippen molar-refractivity contribution in [1.82, 2.24) is 20.7 Å². The van der Waals surface area contributed by atoms with Gasteiger partial charge in [-0.05, 0) is 7.05 Å². The van der Waals surface area contributed by atoms with Crippen molar-refractivity contribution in [1.29, 1.82) is 0 Å². The first-order valence-electron chi connectivity index (χ1n) is 2.43. The molecule has 0 fully saturated rings. The largest absolute Gasteiger partial charge is 0.314 e. The summed E-state index contributed by atoms with van der Waals surface area (Å²) in [6.07, 6.45) is 1.76. The first-order chi connectivity index (χ1) is 3.93. The van der Waals surface area contributed by atoms with Crippen LogP contribution >= 0.6 is 0 Å². The highest BCUT2D eigenvalue weighted by Gasteiger charge is 1.88. The summed E-state index contributed by atoms with van der Waals surface area (Å²) in [4.78, 5) is 0. The van der Waals surface area contributed by atoms with Gasteiger partial charge in [-0.15, -0.1) is 5.10 Å². The molecule has 1 heterocycles. The molecule has 1 rings (SSSR count). The summed E-state index contributed by atoms with van der Waals surface area (Å²) in [7, 11) is 1.87. The zero-order valence-electron chi connectivity index (χ0n) is 4.68. The third-order valence-corrected chi connectivity index (χ3v) is 0.825. The third-order valence-electron chi connectivity index (χ3n) is 0.825. The molecule has 0 amide bonds. The topological polar surface area (TPSA) is 53.6 Å². The Morgan fingerprint density at radius 2 is 2.75 bits per heavy atom. The van der Waals surface area contributed by atoms with Gasteiger partial charge in [-0.3, -0.25) is 5.10 Å². The van der Waals surface area contributed by atoms with Gasteiger partial charge in [0.1, 0.15) is 0 Å². The van der Waals surface area contributed by atoms with Gasteiger partial charge in [0.15, 0.2) is 0 Å². The lowest BCUT2D eigenvalue weighted by Gasteiger charge is -1.86. The van der Waals surface area contributed by atoms with E-state index in [0.717, 1.165) is 12.2 Å². The molecule has 44 valence electrons. The van der Waals surface area contributed by atoms with Crippen LogP contribution in [0.15, 0.2) is 6.20 Å². The molecule has 1 aromatic heterocycles. The summed E-state index contributed by atoms with van der Waals surface area (Å²) in [5.74, 6) is 0. The van der Waals surface area contributed by atoms with Crippen molar-refractivity contribution in [3.05, 3.63) is 11.9 Å². The number of aromatic amines is 1. The molecule has 0 radical (unpaired) electrons. The van der Waals surface area contributed by atoms with Crippen molar-refractivity contribution in [3.63, 3.8) is 0 Å². The van der Waals surface area contributed by atoms with Crippen LogP contribution in [0.5, 0.6) is 0 Å². The summed E-state index contributed by atoms with van der Waals surface area (Å²) in [6.45, 7) is 0.774. The van der Waals surface area contributed by atoms with Crippen molar-refractivity contribution in [2.45, 2.75) is 6.54 Å². The van der Waals surface area contributed by atoms with Gasteiger partial charge in [0.2, 0.25) is 0 Å². The summed E-state index contributed by atoms with van der Waals surface area (Å²) in [5, 5.41) is 12.8. The Balaban J connectivity index is 2.50. The van der Waals surface area contributed by atoms with Crippen LogP contribution in [0.1, 0.15) is 5.69 Å². The molecule has 0 atom stereocenters. The number of hydrogen-bond donors (Lipinski definition) is 2. The second-order valence-corrected chi connectivity index (χ2v) is 1.50. The average Bonchev–Trinajstić information content (AvgIpc) is 2.19. The molecule has 2 N–H and O–H groups in total. The number of nitrogens with zero attached hydrogens (tertiary/aromatic N) is 2. The minimum absolute atomic E-state index is 0.774. The quantitative estimate of drug-likeness (QED) is 0.543. The van der Waals surface area contributed by atoms with E-state index in [1.807, 2.05) is 7.05 Å². The van der Waals surface area contributed by atoms with E-state index in [4.69, 9.17) is 0 Å². The zero-order chi connectivity index (χ0) is 5.82. The minimum atomic E-state index is 0.774. The SMILES string of the molecule is CNCc1c[nH]nn1.